The average Bonchev–Trinajstić information content (AvgIpc) is 3.10. The van der Waals surface area contributed by atoms with Crippen molar-refractivity contribution in [2.24, 2.45) is 5.92 Å². The predicted molar refractivity (Wildman–Crippen MR) is 89.2 cm³/mol. The molecule has 3 atom stereocenters. The second kappa shape index (κ2) is 5.75. The van der Waals surface area contributed by atoms with Gasteiger partial charge in [0.15, 0.2) is 0 Å². The summed E-state index contributed by atoms with van der Waals surface area (Å²) in [6.45, 7) is 5.15. The molecule has 0 saturated carbocycles. The first-order chi connectivity index (χ1) is 11.2. The van der Waals surface area contributed by atoms with Gasteiger partial charge in [0.2, 0.25) is 0 Å². The van der Waals surface area contributed by atoms with Gasteiger partial charge >= 0.3 is 0 Å². The molecule has 1 aromatic heterocycles. The summed E-state index contributed by atoms with van der Waals surface area (Å²) in [5, 5.41) is 4.10. The van der Waals surface area contributed by atoms with Crippen molar-refractivity contribution in [1.82, 2.24) is 10.2 Å². The Morgan fingerprint density at radius 1 is 1.39 bits per heavy atom. The van der Waals surface area contributed by atoms with Crippen LogP contribution in [0.5, 0.6) is 0 Å². The summed E-state index contributed by atoms with van der Waals surface area (Å²) in [4.78, 5) is 15.0. The number of amides is 1. The molecule has 2 saturated heterocycles. The van der Waals surface area contributed by atoms with E-state index in [-0.39, 0.29) is 11.9 Å². The zero-order valence-corrected chi connectivity index (χ0v) is 13.3. The molecule has 1 unspecified atom stereocenters. The maximum atomic E-state index is 12.6. The zero-order valence-electron chi connectivity index (χ0n) is 13.3. The van der Waals surface area contributed by atoms with Gasteiger partial charge in [0.1, 0.15) is 11.8 Å². The van der Waals surface area contributed by atoms with Gasteiger partial charge in [-0.2, -0.15) is 0 Å². The number of benzene rings is 1. The van der Waals surface area contributed by atoms with Gasteiger partial charge in [-0.25, -0.2) is 0 Å². The molecular formula is C19H20N2O2. The standard InChI is InChI=1S/C19H20N2O2/c1-2-3-15-12-23-18-5-4-14(9-17(15)18)19(22)20-16-8-13-6-7-21(10-13)11-16/h4-5,9,12-13,16H,6-8,10-11H2,1H3,(H,20,22)/t13-,16+/m0/s1. The predicted octanol–water partition coefficient (Wildman–Crippen LogP) is 2.63. The summed E-state index contributed by atoms with van der Waals surface area (Å²) in [5.74, 6) is 6.64. The van der Waals surface area contributed by atoms with Crippen LogP contribution >= 0.6 is 0 Å². The van der Waals surface area contributed by atoms with E-state index >= 15 is 0 Å². The molecular weight excluding hydrogens is 288 g/mol. The van der Waals surface area contributed by atoms with Crippen LogP contribution in [-0.4, -0.2) is 36.5 Å². The molecule has 23 heavy (non-hydrogen) atoms. The normalized spacial score (nSPS) is 25.9. The molecule has 118 valence electrons. The number of nitrogens with one attached hydrogen (secondary N) is 1. The van der Waals surface area contributed by atoms with Gasteiger partial charge in [-0.15, -0.1) is 5.92 Å². The summed E-state index contributed by atoms with van der Waals surface area (Å²) < 4.78 is 5.48. The van der Waals surface area contributed by atoms with Gasteiger partial charge in [0, 0.05) is 30.1 Å². The number of carbonyl (C=O) groups is 1. The Labute approximate surface area is 135 Å². The minimum Gasteiger partial charge on any atom is -0.463 e. The molecule has 1 aromatic carbocycles. The summed E-state index contributed by atoms with van der Waals surface area (Å²) in [5.41, 5.74) is 2.27. The van der Waals surface area contributed by atoms with Crippen LogP contribution in [0.3, 0.4) is 0 Å². The zero-order chi connectivity index (χ0) is 15.8. The second-order valence-electron chi connectivity index (χ2n) is 6.56. The monoisotopic (exact) mass is 308 g/mol. The van der Waals surface area contributed by atoms with Crippen LogP contribution in [0.2, 0.25) is 0 Å². The quantitative estimate of drug-likeness (QED) is 0.868. The van der Waals surface area contributed by atoms with E-state index in [1.165, 1.54) is 19.5 Å². The number of hydrogen-bond donors (Lipinski definition) is 1. The Morgan fingerprint density at radius 3 is 3.13 bits per heavy atom. The first kappa shape index (κ1) is 14.3. The summed E-state index contributed by atoms with van der Waals surface area (Å²) >= 11 is 0. The van der Waals surface area contributed by atoms with Crippen molar-refractivity contribution in [3.8, 4) is 11.8 Å². The summed E-state index contributed by atoms with van der Waals surface area (Å²) in [6.07, 6.45) is 4.02. The van der Waals surface area contributed by atoms with E-state index in [0.717, 1.165) is 35.4 Å². The first-order valence-electron chi connectivity index (χ1n) is 8.20. The van der Waals surface area contributed by atoms with Gasteiger partial charge in [-0.1, -0.05) is 5.92 Å². The fraction of sp³-hybridized carbons (Fsp3) is 0.421. The minimum absolute atomic E-state index is 0.00370. The average molecular weight is 308 g/mol. The Hall–Kier alpha value is -2.25. The first-order valence-corrected chi connectivity index (χ1v) is 8.20. The summed E-state index contributed by atoms with van der Waals surface area (Å²) in [6, 6.07) is 5.81. The molecule has 2 aromatic rings. The molecule has 0 spiro atoms. The van der Waals surface area contributed by atoms with Gasteiger partial charge in [-0.05, 0) is 50.4 Å². The number of nitrogens with zero attached hydrogens (tertiary/aromatic N) is 1. The van der Waals surface area contributed by atoms with E-state index in [2.05, 4.69) is 22.1 Å². The number of fused-ring (bicyclic) bond motifs is 3. The van der Waals surface area contributed by atoms with Crippen LogP contribution in [0, 0.1) is 17.8 Å². The van der Waals surface area contributed by atoms with Crippen LogP contribution in [0.4, 0.5) is 0 Å². The minimum atomic E-state index is -0.00370. The lowest BCUT2D eigenvalue weighted by molar-refractivity contribution is 0.0909. The molecule has 1 amide bonds. The van der Waals surface area contributed by atoms with E-state index in [0.29, 0.717) is 5.56 Å². The fourth-order valence-electron chi connectivity index (χ4n) is 3.83. The third-order valence-electron chi connectivity index (χ3n) is 4.90. The topological polar surface area (TPSA) is 45.5 Å². The Bertz CT molecular complexity index is 800. The van der Waals surface area contributed by atoms with Gasteiger partial charge in [0.05, 0.1) is 5.56 Å². The van der Waals surface area contributed by atoms with E-state index < -0.39 is 0 Å². The highest BCUT2D eigenvalue weighted by Crippen LogP contribution is 2.27. The maximum absolute atomic E-state index is 12.6. The Balaban J connectivity index is 1.54. The lowest BCUT2D eigenvalue weighted by atomic mass is 9.96. The van der Waals surface area contributed by atoms with Crippen LogP contribution in [0.25, 0.3) is 11.0 Å². The van der Waals surface area contributed by atoms with Crippen LogP contribution in [0.1, 0.15) is 35.7 Å². The molecule has 2 bridgehead atoms. The third-order valence-corrected chi connectivity index (χ3v) is 4.90. The van der Waals surface area contributed by atoms with Crippen molar-refractivity contribution in [1.29, 1.82) is 0 Å². The molecule has 3 heterocycles. The number of furan rings is 1. The summed E-state index contributed by atoms with van der Waals surface area (Å²) in [7, 11) is 0. The van der Waals surface area contributed by atoms with Crippen molar-refractivity contribution in [3.05, 3.63) is 35.6 Å². The van der Waals surface area contributed by atoms with E-state index in [1.807, 2.05) is 18.2 Å². The van der Waals surface area contributed by atoms with Crippen molar-refractivity contribution in [3.63, 3.8) is 0 Å². The largest absolute Gasteiger partial charge is 0.463 e. The third kappa shape index (κ3) is 2.73. The molecule has 2 aliphatic rings. The molecule has 0 aliphatic carbocycles. The van der Waals surface area contributed by atoms with E-state index in [1.54, 1.807) is 13.2 Å². The van der Waals surface area contributed by atoms with Crippen LogP contribution in [0.15, 0.2) is 28.9 Å². The molecule has 2 fully saturated rings. The van der Waals surface area contributed by atoms with Gasteiger partial charge in [0.25, 0.3) is 5.91 Å². The smallest absolute Gasteiger partial charge is 0.251 e. The lowest BCUT2D eigenvalue weighted by Gasteiger charge is -2.30. The number of carbonyl (C=O) groups excluding carboxylic acids is 1. The van der Waals surface area contributed by atoms with Crippen molar-refractivity contribution in [2.45, 2.75) is 25.8 Å². The van der Waals surface area contributed by atoms with Crippen molar-refractivity contribution < 1.29 is 9.21 Å². The van der Waals surface area contributed by atoms with Gasteiger partial charge < -0.3 is 14.6 Å². The highest BCUT2D eigenvalue weighted by molar-refractivity contribution is 5.99. The Morgan fingerprint density at radius 2 is 2.30 bits per heavy atom. The number of hydrogen-bond acceptors (Lipinski definition) is 3. The van der Waals surface area contributed by atoms with Crippen LogP contribution in [-0.2, 0) is 0 Å². The van der Waals surface area contributed by atoms with Crippen molar-refractivity contribution >= 4 is 16.9 Å². The van der Waals surface area contributed by atoms with Gasteiger partial charge in [-0.3, -0.25) is 4.79 Å². The lowest BCUT2D eigenvalue weighted by Crippen LogP contribution is -2.47. The molecule has 2 aliphatic heterocycles. The molecule has 0 radical (unpaired) electrons. The number of rotatable bonds is 2. The molecule has 4 nitrogen and oxygen atoms in total. The molecule has 1 N–H and O–H groups in total. The Kier molecular flexibility index (Phi) is 3.59. The van der Waals surface area contributed by atoms with E-state index in [9.17, 15) is 4.79 Å². The molecule has 4 rings (SSSR count). The fourth-order valence-corrected chi connectivity index (χ4v) is 3.83. The van der Waals surface area contributed by atoms with Crippen LogP contribution < -0.4 is 5.32 Å². The number of piperidine rings is 1. The highest BCUT2D eigenvalue weighted by Gasteiger charge is 2.33. The van der Waals surface area contributed by atoms with E-state index in [4.69, 9.17) is 4.42 Å². The molecule has 4 heteroatoms. The maximum Gasteiger partial charge on any atom is 0.251 e. The van der Waals surface area contributed by atoms with Crippen molar-refractivity contribution in [2.75, 3.05) is 19.6 Å². The SMILES string of the molecule is CC#Cc1coc2ccc(C(=O)N[C@@H]3C[C@@H]4CCN(C4)C3)cc12. The second-order valence-corrected chi connectivity index (χ2v) is 6.56. The highest BCUT2D eigenvalue weighted by atomic mass is 16.3.